The molecule has 4 heteroatoms. The molecule has 0 aromatic heterocycles. The van der Waals surface area contributed by atoms with Gasteiger partial charge in [0.15, 0.2) is 0 Å². The van der Waals surface area contributed by atoms with E-state index in [1.165, 1.54) is 5.56 Å². The fraction of sp³-hybridized carbons (Fsp3) is 0.368. The number of methoxy groups -OCH3 is 1. The average Bonchev–Trinajstić information content (AvgIpc) is 2.58. The molecule has 1 N–H and O–H groups in total. The predicted octanol–water partition coefficient (Wildman–Crippen LogP) is 2.74. The summed E-state index contributed by atoms with van der Waals surface area (Å²) in [5.74, 6) is 1.71. The van der Waals surface area contributed by atoms with Crippen LogP contribution in [0.2, 0.25) is 0 Å². The number of para-hydroxylation sites is 1. The molecule has 1 unspecified atom stereocenters. The number of rotatable bonds is 8. The van der Waals surface area contributed by atoms with E-state index in [1.807, 2.05) is 44.4 Å². The summed E-state index contributed by atoms with van der Waals surface area (Å²) in [5.41, 5.74) is 2.37. The molecule has 0 amide bonds. The van der Waals surface area contributed by atoms with E-state index < -0.39 is 6.23 Å². The van der Waals surface area contributed by atoms with Gasteiger partial charge in [-0.25, -0.2) is 0 Å². The van der Waals surface area contributed by atoms with E-state index in [1.54, 1.807) is 12.0 Å². The maximum Gasteiger partial charge on any atom is 0.141 e. The standard InChI is InChI=1S/C19H25NO3/c1-20(2)19(21)14-23-18-10-5-4-8-16(18)12-11-15-7-6-9-17(13-15)22-3/h4-10,13,19,21H,11-12,14H2,1-3H3. The van der Waals surface area contributed by atoms with E-state index in [-0.39, 0.29) is 6.61 Å². The number of aryl methyl sites for hydroxylation is 2. The van der Waals surface area contributed by atoms with E-state index in [0.717, 1.165) is 29.9 Å². The lowest BCUT2D eigenvalue weighted by Gasteiger charge is -2.20. The highest BCUT2D eigenvalue weighted by atomic mass is 16.5. The van der Waals surface area contributed by atoms with Gasteiger partial charge in [-0.05, 0) is 56.3 Å². The normalized spacial score (nSPS) is 12.2. The fourth-order valence-electron chi connectivity index (χ4n) is 2.27. The molecule has 0 bridgehead atoms. The predicted molar refractivity (Wildman–Crippen MR) is 92.0 cm³/mol. The summed E-state index contributed by atoms with van der Waals surface area (Å²) in [5, 5.41) is 9.83. The summed E-state index contributed by atoms with van der Waals surface area (Å²) in [6.07, 6.45) is 1.18. The van der Waals surface area contributed by atoms with Crippen molar-refractivity contribution < 1.29 is 14.6 Å². The third-order valence-electron chi connectivity index (χ3n) is 3.77. The number of hydrogen-bond donors (Lipinski definition) is 1. The molecule has 0 aliphatic rings. The van der Waals surface area contributed by atoms with Gasteiger partial charge in [0.2, 0.25) is 0 Å². The van der Waals surface area contributed by atoms with Gasteiger partial charge in [-0.3, -0.25) is 4.90 Å². The molecular weight excluding hydrogens is 290 g/mol. The summed E-state index contributed by atoms with van der Waals surface area (Å²) in [4.78, 5) is 1.72. The molecule has 2 aromatic rings. The first-order valence-corrected chi connectivity index (χ1v) is 7.78. The van der Waals surface area contributed by atoms with Crippen LogP contribution in [0, 0.1) is 0 Å². The molecule has 0 saturated carbocycles. The zero-order chi connectivity index (χ0) is 16.7. The summed E-state index contributed by atoms with van der Waals surface area (Å²) < 4.78 is 11.0. The fourth-order valence-corrected chi connectivity index (χ4v) is 2.27. The SMILES string of the molecule is COc1cccc(CCc2ccccc2OCC(O)N(C)C)c1. The number of nitrogens with zero attached hydrogens (tertiary/aromatic N) is 1. The van der Waals surface area contributed by atoms with Gasteiger partial charge in [0, 0.05) is 0 Å². The smallest absolute Gasteiger partial charge is 0.141 e. The minimum atomic E-state index is -0.610. The number of aliphatic hydroxyl groups excluding tert-OH is 1. The van der Waals surface area contributed by atoms with Crippen LogP contribution in [-0.2, 0) is 12.8 Å². The first-order valence-electron chi connectivity index (χ1n) is 7.78. The molecule has 2 rings (SSSR count). The Bertz CT molecular complexity index is 613. The molecule has 0 heterocycles. The van der Waals surface area contributed by atoms with E-state index in [9.17, 15) is 5.11 Å². The van der Waals surface area contributed by atoms with Crippen molar-refractivity contribution in [1.29, 1.82) is 0 Å². The minimum Gasteiger partial charge on any atom is -0.497 e. The van der Waals surface area contributed by atoms with Gasteiger partial charge in [0.1, 0.15) is 24.3 Å². The second kappa shape index (κ2) is 8.56. The molecular formula is C19H25NO3. The largest absolute Gasteiger partial charge is 0.497 e. The Balaban J connectivity index is 1.99. The number of hydrogen-bond acceptors (Lipinski definition) is 4. The molecule has 2 aromatic carbocycles. The molecule has 4 nitrogen and oxygen atoms in total. The topological polar surface area (TPSA) is 41.9 Å². The third kappa shape index (κ3) is 5.27. The number of ether oxygens (including phenoxy) is 2. The van der Waals surface area contributed by atoms with Crippen molar-refractivity contribution in [1.82, 2.24) is 4.90 Å². The molecule has 0 saturated heterocycles. The van der Waals surface area contributed by atoms with Crippen molar-refractivity contribution in [2.75, 3.05) is 27.8 Å². The maximum atomic E-state index is 9.83. The van der Waals surface area contributed by atoms with Crippen LogP contribution in [-0.4, -0.2) is 44.0 Å². The Morgan fingerprint density at radius 1 is 1.04 bits per heavy atom. The zero-order valence-electron chi connectivity index (χ0n) is 14.0. The molecule has 0 aliphatic heterocycles. The first kappa shape index (κ1) is 17.3. The van der Waals surface area contributed by atoms with Gasteiger partial charge >= 0.3 is 0 Å². The summed E-state index contributed by atoms with van der Waals surface area (Å²) in [7, 11) is 5.32. The highest BCUT2D eigenvalue weighted by Gasteiger charge is 2.09. The van der Waals surface area contributed by atoms with Crippen molar-refractivity contribution in [3.8, 4) is 11.5 Å². The first-order chi connectivity index (χ1) is 11.1. The minimum absolute atomic E-state index is 0.253. The number of benzene rings is 2. The molecule has 0 spiro atoms. The Labute approximate surface area is 138 Å². The van der Waals surface area contributed by atoms with Crippen LogP contribution in [0.5, 0.6) is 11.5 Å². The maximum absolute atomic E-state index is 9.83. The molecule has 0 fully saturated rings. The summed E-state index contributed by atoms with van der Waals surface area (Å²) >= 11 is 0. The lowest BCUT2D eigenvalue weighted by atomic mass is 10.0. The van der Waals surface area contributed by atoms with Crippen LogP contribution < -0.4 is 9.47 Å². The second-order valence-electron chi connectivity index (χ2n) is 5.71. The summed E-state index contributed by atoms with van der Waals surface area (Å²) in [6, 6.07) is 16.1. The number of likely N-dealkylation sites (N-methyl/N-ethyl adjacent to an activating group) is 1. The van der Waals surface area contributed by atoms with Gasteiger partial charge in [0.05, 0.1) is 7.11 Å². The van der Waals surface area contributed by atoms with Crippen molar-refractivity contribution in [3.63, 3.8) is 0 Å². The second-order valence-corrected chi connectivity index (χ2v) is 5.71. The molecule has 0 radical (unpaired) electrons. The van der Waals surface area contributed by atoms with E-state index in [4.69, 9.17) is 9.47 Å². The van der Waals surface area contributed by atoms with Crippen molar-refractivity contribution in [3.05, 3.63) is 59.7 Å². The quantitative estimate of drug-likeness (QED) is 0.761. The van der Waals surface area contributed by atoms with Gasteiger partial charge in [-0.1, -0.05) is 30.3 Å². The molecule has 23 heavy (non-hydrogen) atoms. The molecule has 1 atom stereocenters. The van der Waals surface area contributed by atoms with Gasteiger partial charge < -0.3 is 14.6 Å². The lowest BCUT2D eigenvalue weighted by molar-refractivity contribution is 0.00164. The summed E-state index contributed by atoms with van der Waals surface area (Å²) in [6.45, 7) is 0.253. The van der Waals surface area contributed by atoms with Crippen LogP contribution >= 0.6 is 0 Å². The van der Waals surface area contributed by atoms with Crippen LogP contribution in [0.15, 0.2) is 48.5 Å². The van der Waals surface area contributed by atoms with Crippen molar-refractivity contribution in [2.45, 2.75) is 19.1 Å². The zero-order valence-corrected chi connectivity index (χ0v) is 14.0. The van der Waals surface area contributed by atoms with Crippen LogP contribution in [0.25, 0.3) is 0 Å². The van der Waals surface area contributed by atoms with Crippen molar-refractivity contribution >= 4 is 0 Å². The van der Waals surface area contributed by atoms with E-state index in [0.29, 0.717) is 0 Å². The van der Waals surface area contributed by atoms with Crippen LogP contribution in [0.3, 0.4) is 0 Å². The highest BCUT2D eigenvalue weighted by Crippen LogP contribution is 2.21. The van der Waals surface area contributed by atoms with Gasteiger partial charge in [0.25, 0.3) is 0 Å². The van der Waals surface area contributed by atoms with Gasteiger partial charge in [-0.2, -0.15) is 0 Å². The number of aliphatic hydroxyl groups is 1. The van der Waals surface area contributed by atoms with Crippen LogP contribution in [0.4, 0.5) is 0 Å². The Morgan fingerprint density at radius 2 is 1.83 bits per heavy atom. The van der Waals surface area contributed by atoms with Gasteiger partial charge in [-0.15, -0.1) is 0 Å². The lowest BCUT2D eigenvalue weighted by Crippen LogP contribution is -2.33. The molecule has 124 valence electrons. The van der Waals surface area contributed by atoms with Crippen LogP contribution in [0.1, 0.15) is 11.1 Å². The van der Waals surface area contributed by atoms with E-state index in [2.05, 4.69) is 18.2 Å². The Hall–Kier alpha value is -2.04. The van der Waals surface area contributed by atoms with Crippen molar-refractivity contribution in [2.24, 2.45) is 0 Å². The Kier molecular flexibility index (Phi) is 6.44. The average molecular weight is 315 g/mol. The third-order valence-corrected chi connectivity index (χ3v) is 3.77. The van der Waals surface area contributed by atoms with E-state index >= 15 is 0 Å². The highest BCUT2D eigenvalue weighted by molar-refractivity contribution is 5.35. The monoisotopic (exact) mass is 315 g/mol. The molecule has 0 aliphatic carbocycles. The Morgan fingerprint density at radius 3 is 2.57 bits per heavy atom.